The minimum atomic E-state index is -1.09. The summed E-state index contributed by atoms with van der Waals surface area (Å²) in [6, 6.07) is 4.08. The van der Waals surface area contributed by atoms with Crippen molar-refractivity contribution in [1.82, 2.24) is 0 Å². The lowest BCUT2D eigenvalue weighted by molar-refractivity contribution is 0.0696. The predicted molar refractivity (Wildman–Crippen MR) is 64.4 cm³/mol. The molecule has 0 spiro atoms. The van der Waals surface area contributed by atoms with E-state index in [1.165, 1.54) is 6.07 Å². The molecule has 1 aromatic rings. The van der Waals surface area contributed by atoms with Crippen LogP contribution in [0.1, 0.15) is 35.7 Å². The third-order valence-corrected chi connectivity index (χ3v) is 3.29. The largest absolute Gasteiger partial charge is 0.478 e. The van der Waals surface area contributed by atoms with Crippen molar-refractivity contribution in [3.63, 3.8) is 0 Å². The van der Waals surface area contributed by atoms with Crippen LogP contribution in [0.5, 0.6) is 0 Å². The molecule has 0 atom stereocenters. The Morgan fingerprint density at radius 2 is 2.25 bits per heavy atom. The van der Waals surface area contributed by atoms with Crippen molar-refractivity contribution in [1.29, 1.82) is 0 Å². The normalized spacial score (nSPS) is 10.4. The lowest BCUT2D eigenvalue weighted by Gasteiger charge is -2.04. The van der Waals surface area contributed by atoms with Crippen LogP contribution < -0.4 is 0 Å². The molecule has 0 saturated heterocycles. The second-order valence-corrected chi connectivity index (χ2v) is 4.62. The van der Waals surface area contributed by atoms with Crippen molar-refractivity contribution < 1.29 is 14.3 Å². The fraction of sp³-hybridized carbons (Fsp3) is 0.417. The van der Waals surface area contributed by atoms with E-state index in [1.807, 2.05) is 0 Å². The standard InChI is InChI=1S/C12H15FO2S/c1-2-3-6-16-8-10-5-4-9(12(14)15)7-11(10)13/h4-5,7H,2-3,6,8H2,1H3,(H,14,15). The van der Waals surface area contributed by atoms with E-state index < -0.39 is 11.8 Å². The zero-order chi connectivity index (χ0) is 12.0. The molecule has 0 bridgehead atoms. The average Bonchev–Trinajstić information content (AvgIpc) is 2.26. The fourth-order valence-electron chi connectivity index (χ4n) is 1.23. The Hall–Kier alpha value is -1.03. The fourth-order valence-corrected chi connectivity index (χ4v) is 2.32. The molecule has 2 nitrogen and oxygen atoms in total. The Labute approximate surface area is 98.9 Å². The van der Waals surface area contributed by atoms with Crippen molar-refractivity contribution in [2.45, 2.75) is 25.5 Å². The molecule has 0 saturated carbocycles. The zero-order valence-corrected chi connectivity index (χ0v) is 10.0. The number of unbranched alkanes of at least 4 members (excludes halogenated alkanes) is 1. The zero-order valence-electron chi connectivity index (χ0n) is 9.20. The first kappa shape index (κ1) is 13.0. The number of carboxylic acid groups (broad SMARTS) is 1. The highest BCUT2D eigenvalue weighted by Crippen LogP contribution is 2.18. The summed E-state index contributed by atoms with van der Waals surface area (Å²) < 4.78 is 13.4. The van der Waals surface area contributed by atoms with E-state index in [0.29, 0.717) is 11.3 Å². The van der Waals surface area contributed by atoms with Gasteiger partial charge in [-0.3, -0.25) is 0 Å². The first-order valence-electron chi connectivity index (χ1n) is 5.24. The van der Waals surface area contributed by atoms with Gasteiger partial charge in [0.25, 0.3) is 0 Å². The van der Waals surface area contributed by atoms with Crippen LogP contribution in [0, 0.1) is 5.82 Å². The molecule has 0 heterocycles. The van der Waals surface area contributed by atoms with Gasteiger partial charge in [0, 0.05) is 5.75 Å². The Morgan fingerprint density at radius 1 is 1.50 bits per heavy atom. The van der Waals surface area contributed by atoms with Gasteiger partial charge in [-0.2, -0.15) is 11.8 Å². The summed E-state index contributed by atoms with van der Waals surface area (Å²) in [4.78, 5) is 10.6. The van der Waals surface area contributed by atoms with E-state index >= 15 is 0 Å². The van der Waals surface area contributed by atoms with Gasteiger partial charge in [-0.1, -0.05) is 19.4 Å². The second kappa shape index (κ2) is 6.53. The van der Waals surface area contributed by atoms with Crippen LogP contribution in [0.4, 0.5) is 4.39 Å². The molecule has 0 aromatic heterocycles. The minimum absolute atomic E-state index is 0.000178. The van der Waals surface area contributed by atoms with Crippen LogP contribution in [-0.4, -0.2) is 16.8 Å². The number of thioether (sulfide) groups is 1. The summed E-state index contributed by atoms with van der Waals surface area (Å²) in [5.74, 6) is 0.0931. The van der Waals surface area contributed by atoms with Gasteiger partial charge in [-0.25, -0.2) is 9.18 Å². The highest BCUT2D eigenvalue weighted by atomic mass is 32.2. The topological polar surface area (TPSA) is 37.3 Å². The molecular formula is C12H15FO2S. The highest BCUT2D eigenvalue weighted by Gasteiger charge is 2.07. The third-order valence-electron chi connectivity index (χ3n) is 2.20. The van der Waals surface area contributed by atoms with Gasteiger partial charge >= 0.3 is 5.97 Å². The van der Waals surface area contributed by atoms with Gasteiger partial charge in [0.05, 0.1) is 5.56 Å². The minimum Gasteiger partial charge on any atom is -0.478 e. The third kappa shape index (κ3) is 3.85. The van der Waals surface area contributed by atoms with Crippen LogP contribution in [0.25, 0.3) is 0 Å². The molecule has 0 radical (unpaired) electrons. The molecule has 16 heavy (non-hydrogen) atoms. The quantitative estimate of drug-likeness (QED) is 0.775. The van der Waals surface area contributed by atoms with Gasteiger partial charge in [-0.05, 0) is 29.9 Å². The predicted octanol–water partition coefficient (Wildman–Crippen LogP) is 3.56. The summed E-state index contributed by atoms with van der Waals surface area (Å²) in [7, 11) is 0. The highest BCUT2D eigenvalue weighted by molar-refractivity contribution is 7.98. The van der Waals surface area contributed by atoms with Crippen LogP contribution in [-0.2, 0) is 5.75 Å². The van der Waals surface area contributed by atoms with Gasteiger partial charge in [0.2, 0.25) is 0 Å². The van der Waals surface area contributed by atoms with Crippen molar-refractivity contribution >= 4 is 17.7 Å². The Morgan fingerprint density at radius 3 is 2.81 bits per heavy atom. The van der Waals surface area contributed by atoms with Crippen LogP contribution in [0.2, 0.25) is 0 Å². The van der Waals surface area contributed by atoms with Gasteiger partial charge in [0.15, 0.2) is 0 Å². The summed E-state index contributed by atoms with van der Waals surface area (Å²) in [6.45, 7) is 2.11. The number of benzene rings is 1. The molecule has 88 valence electrons. The molecule has 0 aliphatic heterocycles. The molecule has 0 fully saturated rings. The molecule has 1 rings (SSSR count). The number of hydrogen-bond acceptors (Lipinski definition) is 2. The van der Waals surface area contributed by atoms with Crippen LogP contribution >= 0.6 is 11.8 Å². The van der Waals surface area contributed by atoms with E-state index in [-0.39, 0.29) is 5.56 Å². The number of halogens is 1. The SMILES string of the molecule is CCCCSCc1ccc(C(=O)O)cc1F. The first-order valence-corrected chi connectivity index (χ1v) is 6.40. The van der Waals surface area contributed by atoms with E-state index in [1.54, 1.807) is 17.8 Å². The lowest BCUT2D eigenvalue weighted by Crippen LogP contribution is -1.98. The maximum absolute atomic E-state index is 13.4. The number of rotatable bonds is 6. The number of carbonyl (C=O) groups is 1. The lowest BCUT2D eigenvalue weighted by atomic mass is 10.1. The molecule has 1 N–H and O–H groups in total. The number of carboxylic acids is 1. The number of hydrogen-bond donors (Lipinski definition) is 1. The Kier molecular flexibility index (Phi) is 5.32. The summed E-state index contributed by atoms with van der Waals surface area (Å²) >= 11 is 1.67. The van der Waals surface area contributed by atoms with Crippen LogP contribution in [0.3, 0.4) is 0 Å². The molecule has 4 heteroatoms. The summed E-state index contributed by atoms with van der Waals surface area (Å²) in [5.41, 5.74) is 0.575. The van der Waals surface area contributed by atoms with E-state index in [0.717, 1.165) is 24.7 Å². The van der Waals surface area contributed by atoms with Gasteiger partial charge < -0.3 is 5.11 Å². The monoisotopic (exact) mass is 242 g/mol. The van der Waals surface area contributed by atoms with Crippen molar-refractivity contribution in [3.8, 4) is 0 Å². The number of aromatic carboxylic acids is 1. The van der Waals surface area contributed by atoms with Crippen LogP contribution in [0.15, 0.2) is 18.2 Å². The molecule has 0 aliphatic carbocycles. The summed E-state index contributed by atoms with van der Waals surface area (Å²) in [6.07, 6.45) is 2.26. The smallest absolute Gasteiger partial charge is 0.335 e. The van der Waals surface area contributed by atoms with Crippen molar-refractivity contribution in [2.24, 2.45) is 0 Å². The maximum atomic E-state index is 13.4. The van der Waals surface area contributed by atoms with Gasteiger partial charge in [0.1, 0.15) is 5.82 Å². The van der Waals surface area contributed by atoms with E-state index in [9.17, 15) is 9.18 Å². The first-order chi connectivity index (χ1) is 7.65. The molecule has 0 aliphatic rings. The van der Waals surface area contributed by atoms with Crippen molar-refractivity contribution in [3.05, 3.63) is 35.1 Å². The molecule has 1 aromatic carbocycles. The molecular weight excluding hydrogens is 227 g/mol. The van der Waals surface area contributed by atoms with E-state index in [4.69, 9.17) is 5.11 Å². The molecule has 0 amide bonds. The Balaban J connectivity index is 2.57. The second-order valence-electron chi connectivity index (χ2n) is 3.52. The molecule has 0 unspecified atom stereocenters. The van der Waals surface area contributed by atoms with Gasteiger partial charge in [-0.15, -0.1) is 0 Å². The van der Waals surface area contributed by atoms with E-state index in [2.05, 4.69) is 6.92 Å². The summed E-state index contributed by atoms with van der Waals surface area (Å²) in [5, 5.41) is 8.67. The Bertz CT molecular complexity index is 366. The maximum Gasteiger partial charge on any atom is 0.335 e. The average molecular weight is 242 g/mol. The van der Waals surface area contributed by atoms with Crippen molar-refractivity contribution in [2.75, 3.05) is 5.75 Å².